The Labute approximate surface area is 160 Å². The second-order valence-corrected chi connectivity index (χ2v) is 8.54. The fourth-order valence-electron chi connectivity index (χ4n) is 2.96. The summed E-state index contributed by atoms with van der Waals surface area (Å²) in [6.45, 7) is 7.39. The van der Waals surface area contributed by atoms with Gasteiger partial charge in [-0.1, -0.05) is 6.07 Å². The summed E-state index contributed by atoms with van der Waals surface area (Å²) in [5.41, 5.74) is 2.89. The number of ether oxygens (including phenoxy) is 1. The van der Waals surface area contributed by atoms with E-state index in [9.17, 15) is 13.2 Å². The number of hydrogen-bond donors (Lipinski definition) is 1. The molecule has 7 heteroatoms. The van der Waals surface area contributed by atoms with Gasteiger partial charge in [0.25, 0.3) is 15.9 Å². The molecule has 144 valence electrons. The van der Waals surface area contributed by atoms with Crippen LogP contribution in [0, 0.1) is 13.8 Å². The number of benzene rings is 2. The quantitative estimate of drug-likeness (QED) is 0.874. The predicted octanol–water partition coefficient (Wildman–Crippen LogP) is 2.97. The summed E-state index contributed by atoms with van der Waals surface area (Å²) >= 11 is 0. The van der Waals surface area contributed by atoms with Crippen molar-refractivity contribution in [1.82, 2.24) is 4.90 Å². The lowest BCUT2D eigenvalue weighted by molar-refractivity contribution is -0.0124. The van der Waals surface area contributed by atoms with Crippen LogP contribution in [-0.4, -0.2) is 45.0 Å². The van der Waals surface area contributed by atoms with Crippen molar-refractivity contribution in [2.24, 2.45) is 0 Å². The molecule has 0 radical (unpaired) electrons. The van der Waals surface area contributed by atoms with E-state index in [0.717, 1.165) is 11.1 Å². The van der Waals surface area contributed by atoms with Crippen LogP contribution in [0.5, 0.6) is 0 Å². The van der Waals surface area contributed by atoms with Crippen LogP contribution in [0.3, 0.4) is 0 Å². The molecule has 0 aliphatic carbocycles. The van der Waals surface area contributed by atoms with Crippen LogP contribution in [-0.2, 0) is 14.8 Å². The standard InChI is InChI=1S/C20H24N2O4S/c1-14-4-9-19(12-15(14)2)27(24,25)21-18-7-5-17(6-8-18)20(23)22-10-11-26-16(3)13-22/h4-9,12,16,21H,10-11,13H2,1-3H3. The van der Waals surface area contributed by atoms with E-state index in [4.69, 9.17) is 4.74 Å². The molecule has 27 heavy (non-hydrogen) atoms. The van der Waals surface area contributed by atoms with E-state index >= 15 is 0 Å². The van der Waals surface area contributed by atoms with E-state index in [-0.39, 0.29) is 16.9 Å². The maximum atomic E-state index is 12.6. The molecule has 0 saturated carbocycles. The zero-order chi connectivity index (χ0) is 19.6. The van der Waals surface area contributed by atoms with E-state index < -0.39 is 10.0 Å². The number of carbonyl (C=O) groups is 1. The first-order valence-electron chi connectivity index (χ1n) is 8.87. The van der Waals surface area contributed by atoms with Gasteiger partial charge in [-0.25, -0.2) is 8.42 Å². The number of amides is 1. The van der Waals surface area contributed by atoms with Gasteiger partial charge in [0.15, 0.2) is 0 Å². The van der Waals surface area contributed by atoms with Crippen molar-refractivity contribution >= 4 is 21.6 Å². The van der Waals surface area contributed by atoms with Crippen molar-refractivity contribution in [1.29, 1.82) is 0 Å². The van der Waals surface area contributed by atoms with Gasteiger partial charge in [0.2, 0.25) is 0 Å². The second-order valence-electron chi connectivity index (χ2n) is 6.86. The molecular weight excluding hydrogens is 364 g/mol. The fraction of sp³-hybridized carbons (Fsp3) is 0.350. The van der Waals surface area contributed by atoms with Gasteiger partial charge in [-0.2, -0.15) is 0 Å². The summed E-state index contributed by atoms with van der Waals surface area (Å²) in [7, 11) is -3.68. The molecule has 1 N–H and O–H groups in total. The van der Waals surface area contributed by atoms with Crippen LogP contribution in [0.1, 0.15) is 28.4 Å². The molecule has 1 heterocycles. The molecule has 0 spiro atoms. The van der Waals surface area contributed by atoms with Crippen molar-refractivity contribution in [3.8, 4) is 0 Å². The molecule has 1 saturated heterocycles. The molecule has 1 unspecified atom stereocenters. The summed E-state index contributed by atoms with van der Waals surface area (Å²) in [5.74, 6) is -0.0753. The third kappa shape index (κ3) is 4.48. The number of anilines is 1. The summed E-state index contributed by atoms with van der Waals surface area (Å²) in [5, 5.41) is 0. The molecule has 3 rings (SSSR count). The van der Waals surface area contributed by atoms with Gasteiger partial charge in [-0.15, -0.1) is 0 Å². The van der Waals surface area contributed by atoms with Crippen molar-refractivity contribution in [2.45, 2.75) is 31.8 Å². The largest absolute Gasteiger partial charge is 0.375 e. The van der Waals surface area contributed by atoms with Gasteiger partial charge >= 0.3 is 0 Å². The highest BCUT2D eigenvalue weighted by atomic mass is 32.2. The minimum absolute atomic E-state index is 0.0201. The van der Waals surface area contributed by atoms with Crippen LogP contribution in [0.2, 0.25) is 0 Å². The minimum Gasteiger partial charge on any atom is -0.375 e. The van der Waals surface area contributed by atoms with E-state index in [1.165, 1.54) is 0 Å². The number of nitrogens with zero attached hydrogens (tertiary/aromatic N) is 1. The highest BCUT2D eigenvalue weighted by molar-refractivity contribution is 7.92. The Bertz CT molecular complexity index is 939. The van der Waals surface area contributed by atoms with E-state index in [1.54, 1.807) is 47.4 Å². The average Bonchev–Trinajstić information content (AvgIpc) is 2.63. The molecule has 1 aliphatic rings. The lowest BCUT2D eigenvalue weighted by Gasteiger charge is -2.31. The van der Waals surface area contributed by atoms with Crippen molar-refractivity contribution < 1.29 is 17.9 Å². The molecule has 2 aromatic carbocycles. The van der Waals surface area contributed by atoms with E-state index in [1.807, 2.05) is 20.8 Å². The van der Waals surface area contributed by atoms with E-state index in [0.29, 0.717) is 30.9 Å². The maximum Gasteiger partial charge on any atom is 0.261 e. The lowest BCUT2D eigenvalue weighted by Crippen LogP contribution is -2.44. The number of carbonyl (C=O) groups excluding carboxylic acids is 1. The molecular formula is C20H24N2O4S. The fourth-order valence-corrected chi connectivity index (χ4v) is 4.10. The maximum absolute atomic E-state index is 12.6. The smallest absolute Gasteiger partial charge is 0.261 e. The van der Waals surface area contributed by atoms with Gasteiger partial charge in [0.1, 0.15) is 0 Å². The highest BCUT2D eigenvalue weighted by Crippen LogP contribution is 2.20. The van der Waals surface area contributed by atoms with Crippen molar-refractivity contribution in [2.75, 3.05) is 24.4 Å². The normalized spacial score (nSPS) is 17.6. The summed E-state index contributed by atoms with van der Waals surface area (Å²) in [6, 6.07) is 11.5. The monoisotopic (exact) mass is 388 g/mol. The van der Waals surface area contributed by atoms with Gasteiger partial charge in [-0.05, 0) is 68.3 Å². The number of hydrogen-bond acceptors (Lipinski definition) is 4. The highest BCUT2D eigenvalue weighted by Gasteiger charge is 2.22. The summed E-state index contributed by atoms with van der Waals surface area (Å²) < 4.78 is 33.2. The van der Waals surface area contributed by atoms with Crippen molar-refractivity contribution in [3.63, 3.8) is 0 Å². The summed E-state index contributed by atoms with van der Waals surface area (Å²) in [6.07, 6.45) is 0.0201. The molecule has 2 aromatic rings. The zero-order valence-corrected chi connectivity index (χ0v) is 16.5. The zero-order valence-electron chi connectivity index (χ0n) is 15.7. The molecule has 1 amide bonds. The number of morpholine rings is 1. The first-order chi connectivity index (χ1) is 12.8. The molecule has 1 aliphatic heterocycles. The average molecular weight is 388 g/mol. The Morgan fingerprint density at radius 3 is 2.44 bits per heavy atom. The first-order valence-corrected chi connectivity index (χ1v) is 10.4. The van der Waals surface area contributed by atoms with Crippen LogP contribution >= 0.6 is 0 Å². The predicted molar refractivity (Wildman–Crippen MR) is 104 cm³/mol. The molecule has 0 bridgehead atoms. The Hall–Kier alpha value is -2.38. The third-order valence-electron chi connectivity index (χ3n) is 4.70. The second kappa shape index (κ2) is 7.70. The summed E-state index contributed by atoms with van der Waals surface area (Å²) in [4.78, 5) is 14.5. The van der Waals surface area contributed by atoms with Gasteiger partial charge in [-0.3, -0.25) is 9.52 Å². The Kier molecular flexibility index (Phi) is 5.53. The van der Waals surface area contributed by atoms with Crippen molar-refractivity contribution in [3.05, 3.63) is 59.2 Å². The number of nitrogens with one attached hydrogen (secondary N) is 1. The first kappa shape index (κ1) is 19.4. The number of rotatable bonds is 4. The van der Waals surface area contributed by atoms with Crippen LogP contribution in [0.15, 0.2) is 47.4 Å². The molecule has 6 nitrogen and oxygen atoms in total. The van der Waals surface area contributed by atoms with E-state index in [2.05, 4.69) is 4.72 Å². The van der Waals surface area contributed by atoms with Crippen LogP contribution in [0.25, 0.3) is 0 Å². The van der Waals surface area contributed by atoms with Crippen LogP contribution < -0.4 is 4.72 Å². The molecule has 1 fully saturated rings. The number of aryl methyl sites for hydroxylation is 2. The minimum atomic E-state index is -3.68. The Morgan fingerprint density at radius 2 is 1.81 bits per heavy atom. The SMILES string of the molecule is Cc1ccc(S(=O)(=O)Nc2ccc(C(=O)N3CCOC(C)C3)cc2)cc1C. The Morgan fingerprint density at radius 1 is 1.11 bits per heavy atom. The van der Waals surface area contributed by atoms with Gasteiger partial charge < -0.3 is 9.64 Å². The molecule has 1 atom stereocenters. The topological polar surface area (TPSA) is 75.7 Å². The Balaban J connectivity index is 1.73. The van der Waals surface area contributed by atoms with Gasteiger partial charge in [0, 0.05) is 24.3 Å². The third-order valence-corrected chi connectivity index (χ3v) is 6.08. The lowest BCUT2D eigenvalue weighted by atomic mass is 10.1. The number of sulfonamides is 1. The molecule has 0 aromatic heterocycles. The van der Waals surface area contributed by atoms with Gasteiger partial charge in [0.05, 0.1) is 17.6 Å². The van der Waals surface area contributed by atoms with Crippen LogP contribution in [0.4, 0.5) is 5.69 Å².